The zero-order valence-electron chi connectivity index (χ0n) is 48.5. The quantitative estimate of drug-likeness (QED) is 0.0417. The summed E-state index contributed by atoms with van der Waals surface area (Å²) in [6, 6.07) is -0.537. The molecule has 1 amide bonds. The number of ether oxygens (including phenoxy) is 1. The number of carbonyl (C=O) groups excluding carboxylic acids is 2. The topological polar surface area (TPSA) is 95.9 Å². The Hall–Kier alpha value is -1.14. The zero-order valence-corrected chi connectivity index (χ0v) is 48.5. The van der Waals surface area contributed by atoms with Crippen LogP contribution >= 0.6 is 0 Å². The summed E-state index contributed by atoms with van der Waals surface area (Å²) >= 11 is 0. The van der Waals surface area contributed by atoms with E-state index in [9.17, 15) is 19.8 Å². The van der Waals surface area contributed by atoms with Crippen molar-refractivity contribution < 1.29 is 24.5 Å². The third-order valence-electron chi connectivity index (χ3n) is 15.7. The summed E-state index contributed by atoms with van der Waals surface area (Å²) in [6.07, 6.45) is 72.8. The van der Waals surface area contributed by atoms with Gasteiger partial charge in [0.2, 0.25) is 5.91 Å². The Morgan fingerprint density at radius 2 is 0.577 bits per heavy atom. The molecule has 0 aromatic heterocycles. The van der Waals surface area contributed by atoms with Crippen molar-refractivity contribution in [3.63, 3.8) is 0 Å². The fourth-order valence-corrected chi connectivity index (χ4v) is 10.6. The van der Waals surface area contributed by atoms with Gasteiger partial charge in [-0.3, -0.25) is 9.59 Å². The molecule has 0 spiro atoms. The summed E-state index contributed by atoms with van der Waals surface area (Å²) in [5, 5.41) is 23.2. The van der Waals surface area contributed by atoms with Crippen LogP contribution in [-0.4, -0.2) is 47.4 Å². The van der Waals surface area contributed by atoms with Gasteiger partial charge >= 0.3 is 5.97 Å². The van der Waals surface area contributed by atoms with E-state index < -0.39 is 12.1 Å². The molecule has 2 atom stereocenters. The first-order valence-corrected chi connectivity index (χ1v) is 32.8. The Morgan fingerprint density at radius 1 is 0.338 bits per heavy atom. The largest absolute Gasteiger partial charge is 0.466 e. The van der Waals surface area contributed by atoms with Gasteiger partial charge in [0.1, 0.15) is 0 Å². The standard InChI is InChI=1S/C65H129NO5/c1-3-5-7-9-11-13-15-16-17-18-29-32-35-39-43-47-51-55-59-65(70)71-60-56-52-48-44-40-36-33-30-27-25-23-21-19-20-22-24-26-28-31-34-38-42-46-50-54-58-64(69)66-62(61-67)63(68)57-53-49-45-41-37-14-12-10-8-6-4-2/h62-63,67-68H,3-61H2,1-2H3,(H,66,69). The molecule has 0 aliphatic carbocycles. The van der Waals surface area contributed by atoms with Gasteiger partial charge in [0, 0.05) is 12.8 Å². The maximum atomic E-state index is 12.5. The van der Waals surface area contributed by atoms with Crippen molar-refractivity contribution in [1.82, 2.24) is 5.32 Å². The van der Waals surface area contributed by atoms with Crippen LogP contribution < -0.4 is 5.32 Å². The molecule has 0 saturated carbocycles. The Morgan fingerprint density at radius 3 is 0.859 bits per heavy atom. The Bertz CT molecular complexity index is 1020. The molecular formula is C65H129NO5. The molecule has 6 heteroatoms. The van der Waals surface area contributed by atoms with E-state index in [1.54, 1.807) is 0 Å². The molecule has 0 heterocycles. The maximum absolute atomic E-state index is 12.5. The predicted molar refractivity (Wildman–Crippen MR) is 310 cm³/mol. The van der Waals surface area contributed by atoms with Crippen LogP contribution in [0.15, 0.2) is 0 Å². The molecule has 0 bridgehead atoms. The second-order valence-corrected chi connectivity index (χ2v) is 22.8. The van der Waals surface area contributed by atoms with Gasteiger partial charge in [-0.15, -0.1) is 0 Å². The third kappa shape index (κ3) is 58.0. The average Bonchev–Trinajstić information content (AvgIpc) is 3.37. The molecule has 71 heavy (non-hydrogen) atoms. The van der Waals surface area contributed by atoms with E-state index in [1.165, 1.54) is 308 Å². The maximum Gasteiger partial charge on any atom is 0.305 e. The van der Waals surface area contributed by atoms with Crippen LogP contribution in [0.1, 0.15) is 380 Å². The minimum absolute atomic E-state index is 0.0218. The molecule has 0 saturated heterocycles. The second kappa shape index (κ2) is 61.4. The van der Waals surface area contributed by atoms with E-state index in [4.69, 9.17) is 4.74 Å². The number of unbranched alkanes of at least 4 members (excludes halogenated alkanes) is 51. The van der Waals surface area contributed by atoms with Crippen molar-refractivity contribution in [3.8, 4) is 0 Å². The minimum atomic E-state index is -0.660. The molecule has 3 N–H and O–H groups in total. The molecule has 0 aliphatic heterocycles. The van der Waals surface area contributed by atoms with E-state index in [-0.39, 0.29) is 18.5 Å². The molecule has 0 aliphatic rings. The van der Waals surface area contributed by atoms with Crippen molar-refractivity contribution >= 4 is 11.9 Å². The predicted octanol–water partition coefficient (Wildman–Crippen LogP) is 20.6. The number of hydrogen-bond acceptors (Lipinski definition) is 5. The van der Waals surface area contributed by atoms with Crippen molar-refractivity contribution in [2.45, 2.75) is 392 Å². The van der Waals surface area contributed by atoms with E-state index in [0.29, 0.717) is 25.9 Å². The summed E-state index contributed by atoms with van der Waals surface area (Å²) in [5.74, 6) is -0.0101. The third-order valence-corrected chi connectivity index (χ3v) is 15.7. The lowest BCUT2D eigenvalue weighted by molar-refractivity contribution is -0.143. The first-order chi connectivity index (χ1) is 35.0. The number of aliphatic hydroxyl groups is 2. The van der Waals surface area contributed by atoms with Gasteiger partial charge in [-0.25, -0.2) is 0 Å². The Labute approximate surface area is 445 Å². The first kappa shape index (κ1) is 69.9. The van der Waals surface area contributed by atoms with Crippen LogP contribution in [0.25, 0.3) is 0 Å². The molecule has 0 aromatic rings. The number of nitrogens with one attached hydrogen (secondary N) is 1. The molecular weight excluding hydrogens is 875 g/mol. The fourth-order valence-electron chi connectivity index (χ4n) is 10.6. The second-order valence-electron chi connectivity index (χ2n) is 22.8. The van der Waals surface area contributed by atoms with Crippen LogP contribution in [0, 0.1) is 0 Å². The van der Waals surface area contributed by atoms with Gasteiger partial charge in [-0.05, 0) is 25.7 Å². The van der Waals surface area contributed by atoms with E-state index in [1.807, 2.05) is 0 Å². The summed E-state index contributed by atoms with van der Waals surface area (Å²) in [7, 11) is 0. The van der Waals surface area contributed by atoms with Crippen LogP contribution in [0.2, 0.25) is 0 Å². The monoisotopic (exact) mass is 1000 g/mol. The number of amides is 1. The number of aliphatic hydroxyl groups excluding tert-OH is 2. The molecule has 0 rings (SSSR count). The van der Waals surface area contributed by atoms with Crippen molar-refractivity contribution in [2.75, 3.05) is 13.2 Å². The van der Waals surface area contributed by atoms with Crippen LogP contribution in [0.5, 0.6) is 0 Å². The number of rotatable bonds is 62. The van der Waals surface area contributed by atoms with Gasteiger partial charge in [0.25, 0.3) is 0 Å². The molecule has 0 fully saturated rings. The molecule has 0 radical (unpaired) electrons. The Balaban J connectivity index is 3.30. The lowest BCUT2D eigenvalue weighted by Gasteiger charge is -2.22. The highest BCUT2D eigenvalue weighted by molar-refractivity contribution is 5.76. The van der Waals surface area contributed by atoms with Crippen LogP contribution in [0.4, 0.5) is 0 Å². The summed E-state index contributed by atoms with van der Waals surface area (Å²) in [6.45, 7) is 4.98. The minimum Gasteiger partial charge on any atom is -0.466 e. The molecule has 424 valence electrons. The first-order valence-electron chi connectivity index (χ1n) is 32.8. The highest BCUT2D eigenvalue weighted by atomic mass is 16.5. The average molecular weight is 1000 g/mol. The van der Waals surface area contributed by atoms with Crippen molar-refractivity contribution in [2.24, 2.45) is 0 Å². The summed E-state index contributed by atoms with van der Waals surface area (Å²) < 4.78 is 5.51. The number of hydrogen-bond donors (Lipinski definition) is 3. The normalized spacial score (nSPS) is 12.5. The van der Waals surface area contributed by atoms with Gasteiger partial charge in [0.15, 0.2) is 0 Å². The van der Waals surface area contributed by atoms with E-state index in [2.05, 4.69) is 19.2 Å². The fraction of sp³-hybridized carbons (Fsp3) is 0.969. The lowest BCUT2D eigenvalue weighted by Crippen LogP contribution is -2.45. The highest BCUT2D eigenvalue weighted by Crippen LogP contribution is 2.19. The van der Waals surface area contributed by atoms with Gasteiger partial charge < -0.3 is 20.3 Å². The van der Waals surface area contributed by atoms with Crippen LogP contribution in [0.3, 0.4) is 0 Å². The molecule has 0 aromatic carbocycles. The van der Waals surface area contributed by atoms with Crippen molar-refractivity contribution in [1.29, 1.82) is 0 Å². The van der Waals surface area contributed by atoms with E-state index in [0.717, 1.165) is 38.5 Å². The highest BCUT2D eigenvalue weighted by Gasteiger charge is 2.20. The van der Waals surface area contributed by atoms with Gasteiger partial charge in [-0.1, -0.05) is 341 Å². The zero-order chi connectivity index (χ0) is 51.4. The van der Waals surface area contributed by atoms with Crippen LogP contribution in [-0.2, 0) is 14.3 Å². The summed E-state index contributed by atoms with van der Waals surface area (Å²) in [4.78, 5) is 24.6. The molecule has 2 unspecified atom stereocenters. The Kier molecular flexibility index (Phi) is 60.4. The van der Waals surface area contributed by atoms with Crippen molar-refractivity contribution in [3.05, 3.63) is 0 Å². The SMILES string of the molecule is CCCCCCCCCCCCCCCCCCCCC(=O)OCCCCCCCCCCCCCCCCCCCCCCCCCCCC(=O)NC(CO)C(O)CCCCCCCCCCCCC. The number of carbonyl (C=O) groups is 2. The summed E-state index contributed by atoms with van der Waals surface area (Å²) in [5.41, 5.74) is 0. The lowest BCUT2D eigenvalue weighted by atomic mass is 10.0. The van der Waals surface area contributed by atoms with E-state index >= 15 is 0 Å². The smallest absolute Gasteiger partial charge is 0.305 e. The van der Waals surface area contributed by atoms with Gasteiger partial charge in [-0.2, -0.15) is 0 Å². The number of esters is 1. The molecule has 6 nitrogen and oxygen atoms in total. The van der Waals surface area contributed by atoms with Gasteiger partial charge in [0.05, 0.1) is 25.4 Å².